The number of amides is 1. The number of fused-ring (bicyclic) bond motifs is 1. The average molecular weight is 377 g/mol. The van der Waals surface area contributed by atoms with Gasteiger partial charge in [0.1, 0.15) is 0 Å². The zero-order valence-electron chi connectivity index (χ0n) is 16.4. The third kappa shape index (κ3) is 4.83. The van der Waals surface area contributed by atoms with Crippen molar-refractivity contribution in [2.24, 2.45) is 5.92 Å². The summed E-state index contributed by atoms with van der Waals surface area (Å²) < 4.78 is 0. The van der Waals surface area contributed by atoms with Crippen LogP contribution in [0, 0.1) is 5.92 Å². The Morgan fingerprint density at radius 1 is 1.04 bits per heavy atom. The van der Waals surface area contributed by atoms with Crippen molar-refractivity contribution in [2.45, 2.75) is 38.9 Å². The largest absolute Gasteiger partial charge is 0.324 e. The Balaban J connectivity index is 1.68. The number of carbonyl (C=O) groups excluding carboxylic acids is 1. The first-order chi connectivity index (χ1) is 13.0. The van der Waals surface area contributed by atoms with E-state index in [0.29, 0.717) is 12.3 Å². The van der Waals surface area contributed by atoms with E-state index in [-0.39, 0.29) is 5.91 Å². The molecule has 0 fully saturated rings. The molecule has 0 aliphatic heterocycles. The molecule has 1 heterocycles. The van der Waals surface area contributed by atoms with Crippen LogP contribution in [0.1, 0.15) is 19.8 Å². The Bertz CT molecular complexity index is 903. The molecule has 0 saturated heterocycles. The van der Waals surface area contributed by atoms with Crippen molar-refractivity contribution in [3.8, 4) is 0 Å². The number of hydrogen-bond acceptors (Lipinski definition) is 2. The summed E-state index contributed by atoms with van der Waals surface area (Å²) in [6.45, 7) is 6.99. The van der Waals surface area contributed by atoms with Gasteiger partial charge in [-0.1, -0.05) is 86.2 Å². The second kappa shape index (κ2) is 8.48. The SMILES string of the molecule is CCC(CC(=O)Nc1cccc2cccnc12)C[Si](C)(C)c1ccccc1. The summed E-state index contributed by atoms with van der Waals surface area (Å²) in [6, 6.07) is 21.7. The predicted octanol–water partition coefficient (Wildman–Crippen LogP) is 5.21. The van der Waals surface area contributed by atoms with Crippen molar-refractivity contribution in [3.05, 3.63) is 66.9 Å². The number of nitrogens with zero attached hydrogens (tertiary/aromatic N) is 1. The summed E-state index contributed by atoms with van der Waals surface area (Å²) in [5, 5.41) is 5.59. The van der Waals surface area contributed by atoms with E-state index >= 15 is 0 Å². The molecule has 3 nitrogen and oxygen atoms in total. The maximum atomic E-state index is 12.7. The first-order valence-electron chi connectivity index (χ1n) is 9.68. The lowest BCUT2D eigenvalue weighted by atomic mass is 10.0. The average Bonchev–Trinajstić information content (AvgIpc) is 2.68. The molecule has 1 unspecified atom stereocenters. The van der Waals surface area contributed by atoms with Gasteiger partial charge in [0.2, 0.25) is 5.91 Å². The molecule has 3 aromatic rings. The summed E-state index contributed by atoms with van der Waals surface area (Å²) in [6.07, 6.45) is 3.34. The van der Waals surface area contributed by atoms with Gasteiger partial charge in [-0.2, -0.15) is 0 Å². The Morgan fingerprint density at radius 3 is 2.52 bits per heavy atom. The highest BCUT2D eigenvalue weighted by atomic mass is 28.3. The molecule has 0 spiro atoms. The standard InChI is InChI=1S/C23H28N2OSi/c1-4-18(17-27(2,3)20-12-6-5-7-13-20)16-22(26)25-21-14-8-10-19-11-9-15-24-23(19)21/h5-15,18H,4,16-17H2,1-3H3,(H,25,26). The van der Waals surface area contributed by atoms with Gasteiger partial charge in [0.05, 0.1) is 19.3 Å². The molecule has 140 valence electrons. The minimum absolute atomic E-state index is 0.0814. The van der Waals surface area contributed by atoms with Crippen molar-refractivity contribution in [3.63, 3.8) is 0 Å². The number of anilines is 1. The Morgan fingerprint density at radius 2 is 1.78 bits per heavy atom. The molecule has 1 N–H and O–H groups in total. The number of aromatic nitrogens is 1. The van der Waals surface area contributed by atoms with Crippen molar-refractivity contribution >= 4 is 35.8 Å². The van der Waals surface area contributed by atoms with Gasteiger partial charge in [-0.25, -0.2) is 0 Å². The first-order valence-corrected chi connectivity index (χ1v) is 12.9. The minimum Gasteiger partial charge on any atom is -0.324 e. The second-order valence-electron chi connectivity index (χ2n) is 7.86. The van der Waals surface area contributed by atoms with Crippen LogP contribution in [0.5, 0.6) is 0 Å². The molecule has 0 bridgehead atoms. The highest BCUT2D eigenvalue weighted by molar-refractivity contribution is 6.89. The molecule has 0 radical (unpaired) electrons. The maximum absolute atomic E-state index is 12.7. The van der Waals surface area contributed by atoms with E-state index in [1.54, 1.807) is 6.20 Å². The van der Waals surface area contributed by atoms with E-state index in [1.807, 2.05) is 30.3 Å². The third-order valence-corrected chi connectivity index (χ3v) is 8.81. The molecule has 0 aliphatic carbocycles. The second-order valence-corrected chi connectivity index (χ2v) is 12.6. The fourth-order valence-corrected chi connectivity index (χ4v) is 6.97. The summed E-state index contributed by atoms with van der Waals surface area (Å²) in [5.41, 5.74) is 1.65. The lowest BCUT2D eigenvalue weighted by molar-refractivity contribution is -0.117. The van der Waals surface area contributed by atoms with Crippen LogP contribution in [0.2, 0.25) is 19.1 Å². The predicted molar refractivity (Wildman–Crippen MR) is 117 cm³/mol. The van der Waals surface area contributed by atoms with Gasteiger partial charge in [0.15, 0.2) is 0 Å². The number of pyridine rings is 1. The fraction of sp³-hybridized carbons (Fsp3) is 0.304. The van der Waals surface area contributed by atoms with Crippen molar-refractivity contribution in [1.29, 1.82) is 0 Å². The summed E-state index contributed by atoms with van der Waals surface area (Å²) in [7, 11) is -1.56. The van der Waals surface area contributed by atoms with Crippen LogP contribution in [0.25, 0.3) is 10.9 Å². The van der Waals surface area contributed by atoms with E-state index < -0.39 is 8.07 Å². The molecule has 3 rings (SSSR count). The Labute approximate surface area is 162 Å². The fourth-order valence-electron chi connectivity index (χ4n) is 3.76. The number of rotatable bonds is 7. The molecule has 1 aromatic heterocycles. The van der Waals surface area contributed by atoms with Gasteiger partial charge in [-0.05, 0) is 18.1 Å². The highest BCUT2D eigenvalue weighted by Crippen LogP contribution is 2.25. The van der Waals surface area contributed by atoms with Gasteiger partial charge in [0.25, 0.3) is 0 Å². The van der Waals surface area contributed by atoms with Crippen LogP contribution < -0.4 is 10.5 Å². The van der Waals surface area contributed by atoms with Crippen molar-refractivity contribution in [2.75, 3.05) is 5.32 Å². The van der Waals surface area contributed by atoms with Crippen molar-refractivity contribution in [1.82, 2.24) is 4.98 Å². The minimum atomic E-state index is -1.56. The van der Waals surface area contributed by atoms with Crippen LogP contribution in [-0.2, 0) is 4.79 Å². The van der Waals surface area contributed by atoms with Crippen LogP contribution in [0.4, 0.5) is 5.69 Å². The van der Waals surface area contributed by atoms with Crippen molar-refractivity contribution < 1.29 is 4.79 Å². The van der Waals surface area contributed by atoms with Gasteiger partial charge in [0, 0.05) is 18.0 Å². The van der Waals surface area contributed by atoms with E-state index in [2.05, 4.69) is 60.7 Å². The molecule has 0 saturated carbocycles. The summed E-state index contributed by atoms with van der Waals surface area (Å²) >= 11 is 0. The zero-order chi connectivity index (χ0) is 19.3. The van der Waals surface area contributed by atoms with Crippen LogP contribution in [0.3, 0.4) is 0 Å². The number of hydrogen-bond donors (Lipinski definition) is 1. The normalized spacial score (nSPS) is 12.7. The van der Waals surface area contributed by atoms with Gasteiger partial charge >= 0.3 is 0 Å². The van der Waals surface area contributed by atoms with Gasteiger partial charge in [-0.3, -0.25) is 9.78 Å². The van der Waals surface area contributed by atoms with E-state index in [9.17, 15) is 4.79 Å². The molecule has 2 aromatic carbocycles. The summed E-state index contributed by atoms with van der Waals surface area (Å²) in [5.74, 6) is 0.479. The zero-order valence-corrected chi connectivity index (χ0v) is 17.4. The Kier molecular flexibility index (Phi) is 6.07. The van der Waals surface area contributed by atoms with Crippen LogP contribution in [0.15, 0.2) is 66.9 Å². The summed E-state index contributed by atoms with van der Waals surface area (Å²) in [4.78, 5) is 17.1. The lowest BCUT2D eigenvalue weighted by Gasteiger charge is -2.28. The molecule has 27 heavy (non-hydrogen) atoms. The molecule has 1 atom stereocenters. The molecule has 0 aliphatic rings. The maximum Gasteiger partial charge on any atom is 0.224 e. The van der Waals surface area contributed by atoms with Gasteiger partial charge < -0.3 is 5.32 Å². The monoisotopic (exact) mass is 376 g/mol. The smallest absolute Gasteiger partial charge is 0.224 e. The third-order valence-electron chi connectivity index (χ3n) is 5.31. The lowest BCUT2D eigenvalue weighted by Crippen LogP contribution is -2.43. The van der Waals surface area contributed by atoms with Crippen LogP contribution in [-0.4, -0.2) is 19.0 Å². The van der Waals surface area contributed by atoms with E-state index in [1.165, 1.54) is 5.19 Å². The molecule has 1 amide bonds. The molecule has 4 heteroatoms. The number of benzene rings is 2. The number of nitrogens with one attached hydrogen (secondary N) is 1. The number of carbonyl (C=O) groups is 1. The molecular weight excluding hydrogens is 348 g/mol. The van der Waals surface area contributed by atoms with E-state index in [4.69, 9.17) is 0 Å². The first kappa shape index (κ1) is 19.3. The van der Waals surface area contributed by atoms with Gasteiger partial charge in [-0.15, -0.1) is 0 Å². The number of para-hydroxylation sites is 1. The molecular formula is C23H28N2OSi. The van der Waals surface area contributed by atoms with E-state index in [0.717, 1.165) is 29.1 Å². The Hall–Kier alpha value is -2.46. The highest BCUT2D eigenvalue weighted by Gasteiger charge is 2.28. The quantitative estimate of drug-likeness (QED) is 0.576. The van der Waals surface area contributed by atoms with Crippen LogP contribution >= 0.6 is 0 Å². The topological polar surface area (TPSA) is 42.0 Å².